The topological polar surface area (TPSA) is 127 Å². The zero-order valence-corrected chi connectivity index (χ0v) is 16.2. The highest BCUT2D eigenvalue weighted by molar-refractivity contribution is 6.03. The molecule has 9 heteroatoms. The number of benzene rings is 2. The van der Waals surface area contributed by atoms with E-state index in [9.17, 15) is 19.7 Å². The second-order valence-corrected chi connectivity index (χ2v) is 6.41. The van der Waals surface area contributed by atoms with Gasteiger partial charge >= 0.3 is 0 Å². The maximum Gasteiger partial charge on any atom is 0.291 e. The molecule has 0 radical (unpaired) electrons. The van der Waals surface area contributed by atoms with Gasteiger partial charge in [-0.15, -0.1) is 0 Å². The van der Waals surface area contributed by atoms with E-state index in [2.05, 4.69) is 15.8 Å². The predicted octanol–water partition coefficient (Wildman–Crippen LogP) is 3.90. The van der Waals surface area contributed by atoms with Crippen LogP contribution >= 0.6 is 0 Å². The van der Waals surface area contributed by atoms with Crippen LogP contribution in [0.1, 0.15) is 39.0 Å². The number of carbonyl (C=O) groups is 2. The van der Waals surface area contributed by atoms with Crippen molar-refractivity contribution < 1.29 is 18.9 Å². The van der Waals surface area contributed by atoms with Crippen LogP contribution in [0.3, 0.4) is 0 Å². The lowest BCUT2D eigenvalue weighted by molar-refractivity contribution is -0.385. The third kappa shape index (κ3) is 4.76. The van der Waals surface area contributed by atoms with Crippen LogP contribution in [0.2, 0.25) is 0 Å². The zero-order chi connectivity index (χ0) is 21.7. The van der Waals surface area contributed by atoms with Crippen LogP contribution in [-0.2, 0) is 0 Å². The van der Waals surface area contributed by atoms with E-state index in [0.29, 0.717) is 17.0 Å². The third-order valence-corrected chi connectivity index (χ3v) is 4.30. The monoisotopic (exact) mass is 406 g/mol. The van der Waals surface area contributed by atoms with Gasteiger partial charge in [0.05, 0.1) is 16.9 Å². The lowest BCUT2D eigenvalue weighted by atomic mass is 10.1. The average molecular weight is 406 g/mol. The molecule has 2 N–H and O–H groups in total. The number of anilines is 1. The molecule has 30 heavy (non-hydrogen) atoms. The molecule has 0 bridgehead atoms. The first kappa shape index (κ1) is 20.5. The van der Waals surface area contributed by atoms with Gasteiger partial charge in [0.1, 0.15) is 0 Å². The van der Waals surface area contributed by atoms with Gasteiger partial charge in [-0.2, -0.15) is 5.10 Å². The van der Waals surface area contributed by atoms with Crippen molar-refractivity contribution in [2.45, 2.75) is 13.8 Å². The second-order valence-electron chi connectivity index (χ2n) is 6.41. The fourth-order valence-corrected chi connectivity index (χ4v) is 2.61. The molecule has 2 amide bonds. The number of hydrazone groups is 1. The maximum atomic E-state index is 12.3. The number of carbonyl (C=O) groups excluding carboxylic acids is 2. The molecule has 0 atom stereocenters. The SMILES string of the molecule is C/C(=N\NC(=O)c1ccc(C)c([N+](=O)[O-])c1)c1ccc(NC(=O)c2ccco2)cc1. The molecule has 0 aliphatic rings. The van der Waals surface area contributed by atoms with Gasteiger partial charge in [-0.1, -0.05) is 18.2 Å². The third-order valence-electron chi connectivity index (χ3n) is 4.30. The number of nitro benzene ring substituents is 1. The number of nitro groups is 1. The molecule has 3 rings (SSSR count). The minimum atomic E-state index is -0.556. The summed E-state index contributed by atoms with van der Waals surface area (Å²) in [4.78, 5) is 34.7. The summed E-state index contributed by atoms with van der Waals surface area (Å²) < 4.78 is 5.04. The summed E-state index contributed by atoms with van der Waals surface area (Å²) in [5.41, 5.74) is 4.69. The Hall–Kier alpha value is -4.27. The Balaban J connectivity index is 1.65. The van der Waals surface area contributed by atoms with Crippen LogP contribution in [0.25, 0.3) is 0 Å². The summed E-state index contributed by atoms with van der Waals surface area (Å²) in [5.74, 6) is -0.715. The number of nitrogens with zero attached hydrogens (tertiary/aromatic N) is 2. The van der Waals surface area contributed by atoms with Crippen LogP contribution in [0.5, 0.6) is 0 Å². The van der Waals surface area contributed by atoms with Crippen LogP contribution < -0.4 is 10.7 Å². The van der Waals surface area contributed by atoms with Crippen molar-refractivity contribution in [1.29, 1.82) is 0 Å². The molecule has 0 saturated heterocycles. The fraction of sp³-hybridized carbons (Fsp3) is 0.0952. The Morgan fingerprint density at radius 1 is 1.03 bits per heavy atom. The first-order chi connectivity index (χ1) is 14.3. The van der Waals surface area contributed by atoms with E-state index in [0.717, 1.165) is 5.56 Å². The zero-order valence-electron chi connectivity index (χ0n) is 16.2. The number of hydrogen-bond donors (Lipinski definition) is 2. The summed E-state index contributed by atoms with van der Waals surface area (Å²) in [6.07, 6.45) is 1.42. The van der Waals surface area contributed by atoms with E-state index < -0.39 is 10.8 Å². The Bertz CT molecular complexity index is 1120. The molecule has 0 aliphatic heterocycles. The highest BCUT2D eigenvalue weighted by Gasteiger charge is 2.15. The van der Waals surface area contributed by atoms with Gasteiger partial charge in [0, 0.05) is 22.9 Å². The van der Waals surface area contributed by atoms with E-state index in [1.165, 1.54) is 24.5 Å². The number of hydrogen-bond acceptors (Lipinski definition) is 6. The first-order valence-corrected chi connectivity index (χ1v) is 8.90. The largest absolute Gasteiger partial charge is 0.459 e. The quantitative estimate of drug-likeness (QED) is 0.365. The van der Waals surface area contributed by atoms with Crippen molar-refractivity contribution in [2.75, 3.05) is 5.32 Å². The van der Waals surface area contributed by atoms with E-state index in [1.54, 1.807) is 50.2 Å². The van der Waals surface area contributed by atoms with Crippen molar-refractivity contribution in [1.82, 2.24) is 5.43 Å². The van der Waals surface area contributed by atoms with Gasteiger partial charge in [0.2, 0.25) is 0 Å². The number of furan rings is 1. The lowest BCUT2D eigenvalue weighted by Crippen LogP contribution is -2.19. The van der Waals surface area contributed by atoms with Gasteiger partial charge in [0.15, 0.2) is 5.76 Å². The van der Waals surface area contributed by atoms with Crippen LogP contribution in [0.15, 0.2) is 70.4 Å². The van der Waals surface area contributed by atoms with Gasteiger partial charge in [-0.25, -0.2) is 5.43 Å². The molecule has 9 nitrogen and oxygen atoms in total. The van der Waals surface area contributed by atoms with Crippen molar-refractivity contribution in [3.05, 3.63) is 93.4 Å². The molecule has 0 fully saturated rings. The number of aryl methyl sites for hydroxylation is 1. The average Bonchev–Trinajstić information content (AvgIpc) is 3.27. The van der Waals surface area contributed by atoms with Gasteiger partial charge in [0.25, 0.3) is 17.5 Å². The molecule has 1 heterocycles. The smallest absolute Gasteiger partial charge is 0.291 e. The number of amides is 2. The molecule has 1 aromatic heterocycles. The van der Waals surface area contributed by atoms with Crippen molar-refractivity contribution >= 4 is 28.9 Å². The highest BCUT2D eigenvalue weighted by Crippen LogP contribution is 2.19. The van der Waals surface area contributed by atoms with E-state index in [4.69, 9.17) is 4.42 Å². The van der Waals surface area contributed by atoms with Crippen LogP contribution in [0, 0.1) is 17.0 Å². The van der Waals surface area contributed by atoms with E-state index in [1.807, 2.05) is 0 Å². The summed E-state index contributed by atoms with van der Waals surface area (Å²) in [7, 11) is 0. The molecule has 0 spiro atoms. The molecular weight excluding hydrogens is 388 g/mol. The Labute approximate surface area is 171 Å². The maximum absolute atomic E-state index is 12.3. The minimum Gasteiger partial charge on any atom is -0.459 e. The van der Waals surface area contributed by atoms with Crippen LogP contribution in [-0.4, -0.2) is 22.4 Å². The van der Waals surface area contributed by atoms with Crippen molar-refractivity contribution in [3.8, 4) is 0 Å². The Morgan fingerprint density at radius 2 is 1.73 bits per heavy atom. The minimum absolute atomic E-state index is 0.129. The number of nitrogens with one attached hydrogen (secondary N) is 2. The van der Waals surface area contributed by atoms with E-state index >= 15 is 0 Å². The fourth-order valence-electron chi connectivity index (χ4n) is 2.61. The summed E-state index contributed by atoms with van der Waals surface area (Å²) in [6, 6.07) is 14.3. The normalized spacial score (nSPS) is 11.1. The molecule has 2 aromatic carbocycles. The predicted molar refractivity (Wildman–Crippen MR) is 111 cm³/mol. The Kier molecular flexibility index (Phi) is 6.02. The van der Waals surface area contributed by atoms with Crippen molar-refractivity contribution in [3.63, 3.8) is 0 Å². The summed E-state index contributed by atoms with van der Waals surface area (Å²) in [6.45, 7) is 3.30. The van der Waals surface area contributed by atoms with Gasteiger partial charge in [-0.05, 0) is 49.7 Å². The van der Waals surface area contributed by atoms with Crippen LogP contribution in [0.4, 0.5) is 11.4 Å². The number of rotatable bonds is 6. The van der Waals surface area contributed by atoms with Gasteiger partial charge < -0.3 is 9.73 Å². The Morgan fingerprint density at radius 3 is 2.37 bits per heavy atom. The van der Waals surface area contributed by atoms with Crippen molar-refractivity contribution in [2.24, 2.45) is 5.10 Å². The molecule has 152 valence electrons. The second kappa shape index (κ2) is 8.82. The highest BCUT2D eigenvalue weighted by atomic mass is 16.6. The lowest BCUT2D eigenvalue weighted by Gasteiger charge is -2.06. The molecule has 0 aliphatic carbocycles. The summed E-state index contributed by atoms with van der Waals surface area (Å²) >= 11 is 0. The van der Waals surface area contributed by atoms with E-state index in [-0.39, 0.29) is 22.9 Å². The summed E-state index contributed by atoms with van der Waals surface area (Å²) in [5, 5.41) is 17.8. The first-order valence-electron chi connectivity index (χ1n) is 8.90. The standard InChI is InChI=1S/C21H18N4O5/c1-13-5-6-16(12-18(13)25(28)29)20(26)24-23-14(2)15-7-9-17(10-8-15)22-21(27)19-4-3-11-30-19/h3-12H,1-2H3,(H,22,27)(H,24,26)/b23-14+. The molecular formula is C21H18N4O5. The molecule has 0 saturated carbocycles. The van der Waals surface area contributed by atoms with Gasteiger partial charge in [-0.3, -0.25) is 19.7 Å². The molecule has 0 unspecified atom stereocenters. The molecule has 3 aromatic rings.